The number of ether oxygens (including phenoxy) is 2. The zero-order valence-corrected chi connectivity index (χ0v) is 16.0. The molecule has 1 amide bonds. The quantitative estimate of drug-likeness (QED) is 0.737. The van der Waals surface area contributed by atoms with E-state index >= 15 is 0 Å². The second-order valence-corrected chi connectivity index (χ2v) is 7.15. The number of anilines is 1. The molecule has 2 aromatic rings. The third-order valence-electron chi connectivity index (χ3n) is 3.93. The van der Waals surface area contributed by atoms with Crippen molar-refractivity contribution in [3.8, 4) is 11.5 Å². The number of hydrogen-bond acceptors (Lipinski definition) is 7. The maximum absolute atomic E-state index is 12.3. The van der Waals surface area contributed by atoms with Crippen LogP contribution < -0.4 is 14.8 Å². The summed E-state index contributed by atoms with van der Waals surface area (Å²) in [6.45, 7) is 5.08. The Kier molecular flexibility index (Phi) is 6.03. The van der Waals surface area contributed by atoms with Crippen molar-refractivity contribution in [3.63, 3.8) is 0 Å². The Balaban J connectivity index is 1.55. The minimum Gasteiger partial charge on any atom is -0.486 e. The number of benzene rings is 1. The third kappa shape index (κ3) is 4.49. The number of carbonyl (C=O) groups excluding carboxylic acids is 1. The average molecular weight is 377 g/mol. The molecule has 0 radical (unpaired) electrons. The van der Waals surface area contributed by atoms with Gasteiger partial charge >= 0.3 is 0 Å². The number of fused-ring (bicyclic) bond motifs is 1. The highest BCUT2D eigenvalue weighted by atomic mass is 32.2. The fourth-order valence-electron chi connectivity index (χ4n) is 2.55. The van der Waals surface area contributed by atoms with Crippen LogP contribution in [0.2, 0.25) is 0 Å². The van der Waals surface area contributed by atoms with E-state index in [4.69, 9.17) is 14.0 Å². The van der Waals surface area contributed by atoms with Crippen LogP contribution >= 0.6 is 11.8 Å². The number of thioether (sulfide) groups is 1. The van der Waals surface area contributed by atoms with Crippen molar-refractivity contribution in [3.05, 3.63) is 23.8 Å². The second kappa shape index (κ2) is 8.44. The molecule has 0 bridgehead atoms. The van der Waals surface area contributed by atoms with Crippen molar-refractivity contribution >= 4 is 23.4 Å². The number of rotatable bonds is 7. The van der Waals surface area contributed by atoms with Gasteiger partial charge in [-0.1, -0.05) is 19.0 Å². The number of amides is 1. The fourth-order valence-corrected chi connectivity index (χ4v) is 3.11. The van der Waals surface area contributed by atoms with Gasteiger partial charge in [0.05, 0.1) is 5.69 Å². The molecule has 2 heterocycles. The maximum atomic E-state index is 12.3. The molecule has 0 saturated heterocycles. The molecule has 0 spiro atoms. The first kappa shape index (κ1) is 18.6. The van der Waals surface area contributed by atoms with Gasteiger partial charge in [-0.15, -0.1) is 11.8 Å². The third-order valence-corrected chi connectivity index (χ3v) is 4.71. The number of nitrogens with one attached hydrogen (secondary N) is 1. The standard InChI is InChI=1S/C18H23N3O4S/c1-11(2)18-20-17(25-21-18)6-4-5-16(22)19-12-9-13-14(10-15(12)26-3)24-8-7-23-13/h9-11H,4-8H2,1-3H3,(H,19,22). The van der Waals surface area contributed by atoms with E-state index in [1.54, 1.807) is 11.8 Å². The Hall–Kier alpha value is -2.22. The van der Waals surface area contributed by atoms with Crippen molar-refractivity contribution in [2.75, 3.05) is 24.8 Å². The molecule has 1 aliphatic heterocycles. The minimum atomic E-state index is -0.0550. The second-order valence-electron chi connectivity index (χ2n) is 6.30. The smallest absolute Gasteiger partial charge is 0.226 e. The Morgan fingerprint density at radius 1 is 1.27 bits per heavy atom. The molecule has 1 aromatic heterocycles. The largest absolute Gasteiger partial charge is 0.486 e. The van der Waals surface area contributed by atoms with E-state index in [0.717, 1.165) is 16.3 Å². The summed E-state index contributed by atoms with van der Waals surface area (Å²) in [6, 6.07) is 3.73. The molecular formula is C18H23N3O4S. The lowest BCUT2D eigenvalue weighted by Crippen LogP contribution is -2.17. The number of aromatic nitrogens is 2. The Bertz CT molecular complexity index is 776. The van der Waals surface area contributed by atoms with Gasteiger partial charge < -0.3 is 19.3 Å². The molecule has 1 N–H and O–H groups in total. The van der Waals surface area contributed by atoms with E-state index in [1.165, 1.54) is 0 Å². The fraction of sp³-hybridized carbons (Fsp3) is 0.500. The van der Waals surface area contributed by atoms with Gasteiger partial charge in [0.15, 0.2) is 17.3 Å². The molecule has 0 fully saturated rings. The normalized spacial score (nSPS) is 13.1. The highest BCUT2D eigenvalue weighted by molar-refractivity contribution is 7.98. The van der Waals surface area contributed by atoms with Crippen LogP contribution in [0, 0.1) is 0 Å². The molecule has 7 nitrogen and oxygen atoms in total. The van der Waals surface area contributed by atoms with Crippen LogP contribution in [0.15, 0.2) is 21.6 Å². The van der Waals surface area contributed by atoms with E-state index in [-0.39, 0.29) is 11.8 Å². The summed E-state index contributed by atoms with van der Waals surface area (Å²) in [5.74, 6) is 2.83. The summed E-state index contributed by atoms with van der Waals surface area (Å²) in [5, 5.41) is 6.89. The van der Waals surface area contributed by atoms with Crippen LogP contribution in [0.5, 0.6) is 11.5 Å². The average Bonchev–Trinajstić information content (AvgIpc) is 3.10. The molecule has 26 heavy (non-hydrogen) atoms. The Morgan fingerprint density at radius 3 is 2.65 bits per heavy atom. The van der Waals surface area contributed by atoms with Crippen molar-refractivity contribution in [2.24, 2.45) is 0 Å². The summed E-state index contributed by atoms with van der Waals surface area (Å²) in [7, 11) is 0. The number of nitrogens with zero attached hydrogens (tertiary/aromatic N) is 2. The van der Waals surface area contributed by atoms with Crippen LogP contribution in [0.4, 0.5) is 5.69 Å². The summed E-state index contributed by atoms with van der Waals surface area (Å²) >= 11 is 1.55. The number of carbonyl (C=O) groups is 1. The van der Waals surface area contributed by atoms with Gasteiger partial charge in [0.1, 0.15) is 13.2 Å². The molecule has 3 rings (SSSR count). The highest BCUT2D eigenvalue weighted by Crippen LogP contribution is 2.39. The van der Waals surface area contributed by atoms with Gasteiger partial charge in [-0.3, -0.25) is 4.79 Å². The van der Waals surface area contributed by atoms with Crippen molar-refractivity contribution in [1.82, 2.24) is 10.1 Å². The van der Waals surface area contributed by atoms with Crippen LogP contribution in [0.25, 0.3) is 0 Å². The van der Waals surface area contributed by atoms with Gasteiger partial charge in [-0.05, 0) is 18.7 Å². The van der Waals surface area contributed by atoms with Crippen LogP contribution in [-0.2, 0) is 11.2 Å². The molecule has 140 valence electrons. The summed E-state index contributed by atoms with van der Waals surface area (Å²) in [5.41, 5.74) is 0.742. The van der Waals surface area contributed by atoms with Gasteiger partial charge in [-0.2, -0.15) is 4.98 Å². The predicted octanol–water partition coefficient (Wildman–Crippen LogP) is 3.65. The monoisotopic (exact) mass is 377 g/mol. The van der Waals surface area contributed by atoms with Gasteiger partial charge in [0.2, 0.25) is 11.8 Å². The molecule has 0 unspecified atom stereocenters. The van der Waals surface area contributed by atoms with Crippen LogP contribution in [0.3, 0.4) is 0 Å². The van der Waals surface area contributed by atoms with E-state index in [2.05, 4.69) is 15.5 Å². The predicted molar refractivity (Wildman–Crippen MR) is 99.2 cm³/mol. The number of hydrogen-bond donors (Lipinski definition) is 1. The first-order valence-electron chi connectivity index (χ1n) is 8.66. The van der Waals surface area contributed by atoms with Crippen molar-refractivity contribution in [2.45, 2.75) is 43.9 Å². The minimum absolute atomic E-state index is 0.0550. The molecule has 0 saturated carbocycles. The van der Waals surface area contributed by atoms with E-state index < -0.39 is 0 Å². The lowest BCUT2D eigenvalue weighted by atomic mass is 10.2. The highest BCUT2D eigenvalue weighted by Gasteiger charge is 2.17. The Morgan fingerprint density at radius 2 is 2.00 bits per heavy atom. The zero-order chi connectivity index (χ0) is 18.5. The molecule has 0 atom stereocenters. The summed E-state index contributed by atoms with van der Waals surface area (Å²) in [6.07, 6.45) is 3.57. The SMILES string of the molecule is CSc1cc2c(cc1NC(=O)CCCc1nc(C(C)C)no1)OCCO2. The van der Waals surface area contributed by atoms with E-state index in [0.29, 0.717) is 49.9 Å². The van der Waals surface area contributed by atoms with Crippen molar-refractivity contribution < 1.29 is 18.8 Å². The Labute approximate surface area is 156 Å². The summed E-state index contributed by atoms with van der Waals surface area (Å²) < 4.78 is 16.4. The van der Waals surface area contributed by atoms with Gasteiger partial charge in [0, 0.05) is 29.7 Å². The van der Waals surface area contributed by atoms with Crippen molar-refractivity contribution in [1.29, 1.82) is 0 Å². The first-order valence-corrected chi connectivity index (χ1v) is 9.89. The lowest BCUT2D eigenvalue weighted by molar-refractivity contribution is -0.116. The molecule has 8 heteroatoms. The molecule has 1 aliphatic rings. The van der Waals surface area contributed by atoms with Crippen LogP contribution in [0.1, 0.15) is 44.3 Å². The first-order chi connectivity index (χ1) is 12.6. The van der Waals surface area contributed by atoms with E-state index in [9.17, 15) is 4.79 Å². The molecule has 0 aliphatic carbocycles. The summed E-state index contributed by atoms with van der Waals surface area (Å²) in [4.78, 5) is 17.6. The van der Waals surface area contributed by atoms with Gasteiger partial charge in [-0.25, -0.2) is 0 Å². The topological polar surface area (TPSA) is 86.5 Å². The maximum Gasteiger partial charge on any atom is 0.226 e. The zero-order valence-electron chi connectivity index (χ0n) is 15.2. The number of aryl methyl sites for hydroxylation is 1. The van der Waals surface area contributed by atoms with Gasteiger partial charge in [0.25, 0.3) is 0 Å². The van der Waals surface area contributed by atoms with Crippen LogP contribution in [-0.4, -0.2) is 35.5 Å². The molecular weight excluding hydrogens is 354 g/mol. The molecule has 1 aromatic carbocycles. The van der Waals surface area contributed by atoms with E-state index in [1.807, 2.05) is 32.2 Å². The lowest BCUT2D eigenvalue weighted by Gasteiger charge is -2.21.